The van der Waals surface area contributed by atoms with Crippen LogP contribution >= 0.6 is 0 Å². The van der Waals surface area contributed by atoms with Crippen LogP contribution in [0.5, 0.6) is 0 Å². The summed E-state index contributed by atoms with van der Waals surface area (Å²) in [6.45, 7) is -1.29. The molecule has 0 aromatic heterocycles. The van der Waals surface area contributed by atoms with E-state index < -0.39 is 105 Å². The third-order valence-electron chi connectivity index (χ3n) is 4.67. The van der Waals surface area contributed by atoms with Crippen molar-refractivity contribution in [1.82, 2.24) is 4.72 Å². The molecule has 2 fully saturated rings. The number of carboxylic acids is 1. The molecular weight excluding hydrogens is 574 g/mol. The molecule has 0 aliphatic carbocycles. The first-order valence-electron chi connectivity index (χ1n) is 9.14. The van der Waals surface area contributed by atoms with Crippen LogP contribution in [0.2, 0.25) is 0 Å². The molecule has 2 rings (SSSR count). The maximum Gasteiger partial charge on any atom is 0.397 e. The number of hydrogen-bond acceptors (Lipinski definition) is 16. The standard InChI is InChI=1S/C12H21NO20S3/c14-4-3(13-34(20,21)22)11(19)30-2(1-29-35(23,24)25)7(4)31-12-9(33-36(26,27)28)6(16)5(15)8(32-12)10(17)18/h2-9,11-16,19H,1H2,(H,17,18)(H,20,21,22)(H,23,24,25)(H,26,27,28)/t2-,3-,4-,5-,6+,7-,8-,9+,11+,12-/m1/s1. The Morgan fingerprint density at radius 1 is 0.833 bits per heavy atom. The van der Waals surface area contributed by atoms with Crippen molar-refractivity contribution in [3.63, 3.8) is 0 Å². The lowest BCUT2D eigenvalue weighted by molar-refractivity contribution is -0.336. The van der Waals surface area contributed by atoms with Gasteiger partial charge in [-0.15, -0.1) is 0 Å². The van der Waals surface area contributed by atoms with Crippen LogP contribution in [0.3, 0.4) is 0 Å². The molecule has 2 saturated heterocycles. The molecule has 0 aromatic carbocycles. The van der Waals surface area contributed by atoms with Gasteiger partial charge < -0.3 is 39.7 Å². The van der Waals surface area contributed by atoms with Crippen LogP contribution in [0, 0.1) is 0 Å². The van der Waals surface area contributed by atoms with Gasteiger partial charge in [0, 0.05) is 0 Å². The van der Waals surface area contributed by atoms with E-state index in [4.69, 9.17) is 33.0 Å². The number of aliphatic hydroxyl groups is 4. The number of ether oxygens (including phenoxy) is 3. The van der Waals surface area contributed by atoms with E-state index in [9.17, 15) is 50.5 Å². The third kappa shape index (κ3) is 8.41. The number of aliphatic hydroxyl groups excluding tert-OH is 4. The number of hydrogen-bond donors (Lipinski definition) is 9. The van der Waals surface area contributed by atoms with Gasteiger partial charge in [-0.25, -0.2) is 13.2 Å². The molecule has 9 N–H and O–H groups in total. The number of carbonyl (C=O) groups is 1. The summed E-state index contributed by atoms with van der Waals surface area (Å²) in [6.07, 6.45) is -21.1. The van der Waals surface area contributed by atoms with Crippen molar-refractivity contribution in [2.24, 2.45) is 0 Å². The van der Waals surface area contributed by atoms with Crippen LogP contribution < -0.4 is 4.72 Å². The van der Waals surface area contributed by atoms with Crippen molar-refractivity contribution in [1.29, 1.82) is 0 Å². The zero-order valence-electron chi connectivity index (χ0n) is 17.2. The molecule has 2 heterocycles. The van der Waals surface area contributed by atoms with E-state index in [0.29, 0.717) is 0 Å². The highest BCUT2D eigenvalue weighted by molar-refractivity contribution is 7.83. The van der Waals surface area contributed by atoms with Crippen LogP contribution in [-0.2, 0) is 58.5 Å². The molecule has 0 saturated carbocycles. The first-order chi connectivity index (χ1) is 16.2. The van der Waals surface area contributed by atoms with Gasteiger partial charge in [0.25, 0.3) is 0 Å². The molecule has 0 radical (unpaired) electrons. The van der Waals surface area contributed by atoms with Gasteiger partial charge in [-0.3, -0.25) is 13.7 Å². The Kier molecular flexibility index (Phi) is 9.71. The molecule has 2 aliphatic rings. The van der Waals surface area contributed by atoms with Crippen molar-refractivity contribution < 1.29 is 91.8 Å². The van der Waals surface area contributed by atoms with Crippen LogP contribution in [0.4, 0.5) is 0 Å². The van der Waals surface area contributed by atoms with Crippen LogP contribution in [-0.4, -0.2) is 138 Å². The average Bonchev–Trinajstić information content (AvgIpc) is 2.68. The first kappa shape index (κ1) is 31.0. The van der Waals surface area contributed by atoms with Crippen molar-refractivity contribution in [2.45, 2.75) is 61.3 Å². The number of rotatable bonds is 10. The normalized spacial score (nSPS) is 38.5. The summed E-state index contributed by atoms with van der Waals surface area (Å²) in [4.78, 5) is 11.3. The third-order valence-corrected chi connectivity index (χ3v) is 6.14. The predicted octanol–water partition coefficient (Wildman–Crippen LogP) is -6.25. The fraction of sp³-hybridized carbons (Fsp3) is 0.917. The van der Waals surface area contributed by atoms with E-state index >= 15 is 0 Å². The molecule has 0 unspecified atom stereocenters. The van der Waals surface area contributed by atoms with E-state index in [0.717, 1.165) is 0 Å². The minimum atomic E-state index is -5.47. The summed E-state index contributed by atoms with van der Waals surface area (Å²) in [5.74, 6) is -1.94. The molecule has 0 spiro atoms. The molecule has 0 amide bonds. The molecule has 24 heteroatoms. The number of nitrogens with one attached hydrogen (secondary N) is 1. The summed E-state index contributed by atoms with van der Waals surface area (Å²) < 4.78 is 118. The van der Waals surface area contributed by atoms with Crippen LogP contribution in [0.15, 0.2) is 0 Å². The molecule has 2 aliphatic heterocycles. The lowest BCUT2D eigenvalue weighted by atomic mass is 9.96. The van der Waals surface area contributed by atoms with Crippen molar-refractivity contribution in [3.8, 4) is 0 Å². The van der Waals surface area contributed by atoms with Crippen LogP contribution in [0.25, 0.3) is 0 Å². The van der Waals surface area contributed by atoms with Gasteiger partial charge in [0.2, 0.25) is 0 Å². The molecule has 212 valence electrons. The van der Waals surface area contributed by atoms with Crippen LogP contribution in [0.1, 0.15) is 0 Å². The fourth-order valence-electron chi connectivity index (χ4n) is 3.24. The van der Waals surface area contributed by atoms with Gasteiger partial charge in [0.1, 0.15) is 36.6 Å². The van der Waals surface area contributed by atoms with Gasteiger partial charge in [-0.1, -0.05) is 0 Å². The first-order valence-corrected chi connectivity index (χ1v) is 13.3. The summed E-state index contributed by atoms with van der Waals surface area (Å²) >= 11 is 0. The lowest BCUT2D eigenvalue weighted by Gasteiger charge is -2.46. The van der Waals surface area contributed by atoms with E-state index in [2.05, 4.69) is 8.37 Å². The summed E-state index contributed by atoms with van der Waals surface area (Å²) in [5, 5.41) is 49.7. The van der Waals surface area contributed by atoms with Crippen molar-refractivity contribution in [2.75, 3.05) is 6.61 Å². The van der Waals surface area contributed by atoms with Gasteiger partial charge in [-0.2, -0.15) is 30.0 Å². The van der Waals surface area contributed by atoms with E-state index in [1.165, 1.54) is 4.72 Å². The van der Waals surface area contributed by atoms with Gasteiger partial charge in [-0.05, 0) is 0 Å². The molecule has 21 nitrogen and oxygen atoms in total. The summed E-state index contributed by atoms with van der Waals surface area (Å²) in [6, 6.07) is -2.19. The minimum Gasteiger partial charge on any atom is -0.479 e. The monoisotopic (exact) mass is 595 g/mol. The summed E-state index contributed by atoms with van der Waals surface area (Å²) in [5.41, 5.74) is 0. The second-order valence-corrected chi connectivity index (χ2v) is 10.5. The van der Waals surface area contributed by atoms with E-state index in [1.54, 1.807) is 0 Å². The van der Waals surface area contributed by atoms with Crippen molar-refractivity contribution >= 4 is 37.1 Å². The molecular formula is C12H21NO20S3. The highest BCUT2D eigenvalue weighted by atomic mass is 32.3. The SMILES string of the molecule is O=C(O)[C@@H]1O[C@@H](O[C@H]2[C@H](O)[C@@H](NS(=O)(=O)O)[C@@H](O)O[C@@H]2COS(=O)(=O)O)[C@@H](OS(=O)(=O)O)[C@@H](O)[C@H]1O. The number of carboxylic acid groups (broad SMARTS) is 1. The Morgan fingerprint density at radius 3 is 1.89 bits per heavy atom. The second-order valence-electron chi connectivity index (χ2n) is 7.22. The average molecular weight is 595 g/mol. The smallest absolute Gasteiger partial charge is 0.397 e. The number of aliphatic carboxylic acids is 1. The Bertz CT molecular complexity index is 1100. The van der Waals surface area contributed by atoms with Crippen molar-refractivity contribution in [3.05, 3.63) is 0 Å². The highest BCUT2D eigenvalue weighted by Gasteiger charge is 2.54. The van der Waals surface area contributed by atoms with Gasteiger partial charge >= 0.3 is 37.1 Å². The minimum absolute atomic E-state index is 1.29. The maximum absolute atomic E-state index is 11.3. The predicted molar refractivity (Wildman–Crippen MR) is 102 cm³/mol. The Hall–Kier alpha value is -1.20. The summed E-state index contributed by atoms with van der Waals surface area (Å²) in [7, 11) is -15.8. The van der Waals surface area contributed by atoms with E-state index in [-0.39, 0.29) is 0 Å². The zero-order chi connectivity index (χ0) is 27.8. The van der Waals surface area contributed by atoms with Gasteiger partial charge in [0.15, 0.2) is 24.8 Å². The Balaban J connectivity index is 2.46. The lowest BCUT2D eigenvalue weighted by Crippen LogP contribution is -2.67. The molecule has 0 bridgehead atoms. The van der Waals surface area contributed by atoms with Gasteiger partial charge in [0.05, 0.1) is 6.61 Å². The quantitative estimate of drug-likeness (QED) is 0.106. The zero-order valence-corrected chi connectivity index (χ0v) is 19.6. The molecule has 0 aromatic rings. The Labute approximate surface area is 201 Å². The topological polar surface area (TPSA) is 340 Å². The maximum atomic E-state index is 11.3. The highest BCUT2D eigenvalue weighted by Crippen LogP contribution is 2.31. The van der Waals surface area contributed by atoms with E-state index in [1.807, 2.05) is 0 Å². The largest absolute Gasteiger partial charge is 0.479 e. The Morgan fingerprint density at radius 2 is 1.42 bits per heavy atom. The second kappa shape index (κ2) is 11.3. The molecule has 36 heavy (non-hydrogen) atoms. The fourth-order valence-corrected chi connectivity index (χ4v) is 4.63. The molecule has 10 atom stereocenters.